The van der Waals surface area contributed by atoms with Crippen LogP contribution in [0.25, 0.3) is 0 Å². The fraction of sp³-hybridized carbons (Fsp3) is 0.444. The average molecular weight is 457 g/mol. The molecule has 3 rings (SSSR count). The first-order valence-electron chi connectivity index (χ1n) is 8.34. The molecule has 0 bridgehead atoms. The van der Waals surface area contributed by atoms with E-state index in [9.17, 15) is 9.59 Å². The maximum absolute atomic E-state index is 11.7. The summed E-state index contributed by atoms with van der Waals surface area (Å²) in [5, 5.41) is 0. The highest BCUT2D eigenvalue weighted by atomic mass is 32.2. The summed E-state index contributed by atoms with van der Waals surface area (Å²) in [4.78, 5) is 33.7. The molecule has 28 heavy (non-hydrogen) atoms. The van der Waals surface area contributed by atoms with E-state index in [0.29, 0.717) is 17.0 Å². The normalized spacial score (nSPS) is 15.7. The Morgan fingerprint density at radius 2 is 1.79 bits per heavy atom. The summed E-state index contributed by atoms with van der Waals surface area (Å²) >= 11 is 12.9. The number of ketones is 2. The lowest BCUT2D eigenvalue weighted by atomic mass is 9.72. The maximum atomic E-state index is 11.7. The molecular formula is C18H24N4O2S4. The number of nitrogens with zero attached hydrogens (tertiary/aromatic N) is 3. The molecule has 0 radical (unpaired) electrons. The Bertz CT molecular complexity index is 736. The van der Waals surface area contributed by atoms with Crippen LogP contribution in [0.15, 0.2) is 37.4 Å². The van der Waals surface area contributed by atoms with Gasteiger partial charge in [-0.1, -0.05) is 50.0 Å². The SMILES string of the molecule is CSC(=S)C1C(=O)CC(C)(C)CC1=O.CSC(=S)n1ccnc1.c1c[nH]cn1. The highest BCUT2D eigenvalue weighted by Crippen LogP contribution is 2.35. The number of carbonyl (C=O) groups is 2. The second-order valence-electron chi connectivity index (χ2n) is 6.61. The van der Waals surface area contributed by atoms with E-state index >= 15 is 0 Å². The first-order valence-corrected chi connectivity index (χ1v) is 11.6. The van der Waals surface area contributed by atoms with Crippen LogP contribution in [0.1, 0.15) is 26.7 Å². The number of H-pyrrole nitrogens is 1. The number of nitrogens with one attached hydrogen (secondary N) is 1. The third-order valence-corrected chi connectivity index (χ3v) is 6.33. The number of imidazole rings is 2. The Morgan fingerprint density at radius 1 is 1.14 bits per heavy atom. The van der Waals surface area contributed by atoms with Gasteiger partial charge in [0.25, 0.3) is 0 Å². The lowest BCUT2D eigenvalue weighted by Crippen LogP contribution is -2.40. The number of aromatic amines is 1. The van der Waals surface area contributed by atoms with Crippen LogP contribution in [-0.2, 0) is 9.59 Å². The van der Waals surface area contributed by atoms with E-state index in [1.807, 2.05) is 32.6 Å². The number of hydrogen-bond acceptors (Lipinski definition) is 8. The van der Waals surface area contributed by atoms with Gasteiger partial charge in [-0.25, -0.2) is 9.97 Å². The number of thioether (sulfide) groups is 2. The summed E-state index contributed by atoms with van der Waals surface area (Å²) in [5.74, 6) is -0.635. The first kappa shape index (κ1) is 24.7. The van der Waals surface area contributed by atoms with Crippen LogP contribution in [0, 0.1) is 11.3 Å². The number of rotatable bonds is 1. The smallest absolute Gasteiger partial charge is 0.149 e. The van der Waals surface area contributed by atoms with Crippen molar-refractivity contribution in [1.82, 2.24) is 19.5 Å². The molecule has 152 valence electrons. The number of aromatic nitrogens is 4. The van der Waals surface area contributed by atoms with Gasteiger partial charge in [0.1, 0.15) is 28.1 Å². The molecule has 0 amide bonds. The molecule has 6 nitrogen and oxygen atoms in total. The van der Waals surface area contributed by atoms with Gasteiger partial charge >= 0.3 is 0 Å². The summed E-state index contributed by atoms with van der Waals surface area (Å²) in [5.41, 5.74) is -0.182. The van der Waals surface area contributed by atoms with Crippen molar-refractivity contribution in [2.45, 2.75) is 26.7 Å². The van der Waals surface area contributed by atoms with E-state index in [1.54, 1.807) is 35.8 Å². The van der Waals surface area contributed by atoms with Crippen molar-refractivity contribution in [3.8, 4) is 0 Å². The minimum absolute atomic E-state index is 0.00870. The lowest BCUT2D eigenvalue weighted by Gasteiger charge is -2.31. The Hall–Kier alpha value is -1.36. The van der Waals surface area contributed by atoms with E-state index in [1.165, 1.54) is 23.5 Å². The monoisotopic (exact) mass is 456 g/mol. The lowest BCUT2D eigenvalue weighted by molar-refractivity contribution is -0.136. The molecule has 0 atom stereocenters. The molecule has 2 heterocycles. The summed E-state index contributed by atoms with van der Waals surface area (Å²) < 4.78 is 3.16. The van der Waals surface area contributed by atoms with Crippen molar-refractivity contribution < 1.29 is 9.59 Å². The number of Topliss-reactive ketones (excluding diaryl/α,β-unsaturated/α-hetero) is 2. The molecular weight excluding hydrogens is 432 g/mol. The summed E-state index contributed by atoms with van der Waals surface area (Å²) in [6, 6.07) is 0. The molecule has 1 fully saturated rings. The van der Waals surface area contributed by atoms with Gasteiger partial charge in [-0.15, -0.1) is 11.8 Å². The Morgan fingerprint density at radius 3 is 2.14 bits per heavy atom. The van der Waals surface area contributed by atoms with Crippen LogP contribution in [0.5, 0.6) is 0 Å². The summed E-state index contributed by atoms with van der Waals surface area (Å²) in [7, 11) is 0. The molecule has 0 unspecified atom stereocenters. The number of thiocarbonyl (C=S) groups is 2. The summed E-state index contributed by atoms with van der Waals surface area (Å²) in [6.07, 6.45) is 15.0. The van der Waals surface area contributed by atoms with E-state index in [4.69, 9.17) is 24.4 Å². The third kappa shape index (κ3) is 8.34. The zero-order valence-corrected chi connectivity index (χ0v) is 19.5. The second kappa shape index (κ2) is 12.3. The third-order valence-electron chi connectivity index (χ3n) is 3.68. The molecule has 2 aromatic heterocycles. The van der Waals surface area contributed by atoms with Gasteiger partial charge in [0, 0.05) is 37.6 Å². The topological polar surface area (TPSA) is 80.6 Å². The molecule has 0 saturated heterocycles. The Kier molecular flexibility index (Phi) is 10.8. The average Bonchev–Trinajstić information content (AvgIpc) is 3.35. The predicted molar refractivity (Wildman–Crippen MR) is 125 cm³/mol. The standard InChI is InChI=1S/C10H14O2S2.C5H6N2S2.C3H4N2/c1-10(2)4-6(11)8(7(12)5-10)9(13)14-3;1-9-5(8)7-3-2-6-4-7;1-2-5-3-4-1/h8H,4-5H2,1-3H3;2-4H,1H3;1-3H,(H,4,5). The van der Waals surface area contributed by atoms with Gasteiger partial charge in [-0.2, -0.15) is 0 Å². The maximum Gasteiger partial charge on any atom is 0.149 e. The van der Waals surface area contributed by atoms with Gasteiger partial charge in [0.15, 0.2) is 0 Å². The zero-order chi connectivity index (χ0) is 21.2. The van der Waals surface area contributed by atoms with Crippen molar-refractivity contribution in [3.05, 3.63) is 37.4 Å². The van der Waals surface area contributed by atoms with Crippen molar-refractivity contribution in [3.63, 3.8) is 0 Å². The number of carbonyl (C=O) groups excluding carboxylic acids is 2. The van der Waals surface area contributed by atoms with E-state index in [0.717, 1.165) is 4.32 Å². The van der Waals surface area contributed by atoms with Crippen LogP contribution in [0.2, 0.25) is 0 Å². The van der Waals surface area contributed by atoms with E-state index < -0.39 is 5.92 Å². The zero-order valence-electron chi connectivity index (χ0n) is 16.2. The Labute approximate surface area is 184 Å². The van der Waals surface area contributed by atoms with Crippen molar-refractivity contribution >= 4 is 68.0 Å². The van der Waals surface area contributed by atoms with Crippen LogP contribution in [-0.4, -0.2) is 52.1 Å². The van der Waals surface area contributed by atoms with Crippen LogP contribution in [0.3, 0.4) is 0 Å². The molecule has 1 aliphatic rings. The molecule has 10 heteroatoms. The van der Waals surface area contributed by atoms with E-state index in [2.05, 4.69) is 15.0 Å². The molecule has 2 aromatic rings. The van der Waals surface area contributed by atoms with Gasteiger partial charge in [-0.05, 0) is 17.9 Å². The fourth-order valence-electron chi connectivity index (χ4n) is 2.46. The molecule has 1 aliphatic carbocycles. The van der Waals surface area contributed by atoms with Gasteiger partial charge in [-0.3, -0.25) is 14.2 Å². The molecule has 0 aromatic carbocycles. The quantitative estimate of drug-likeness (QED) is 0.509. The molecule has 1 saturated carbocycles. The predicted octanol–water partition coefficient (Wildman–Crippen LogP) is 4.04. The van der Waals surface area contributed by atoms with Crippen LogP contribution in [0.4, 0.5) is 0 Å². The van der Waals surface area contributed by atoms with Crippen molar-refractivity contribution in [2.24, 2.45) is 11.3 Å². The van der Waals surface area contributed by atoms with Gasteiger partial charge in [0.2, 0.25) is 0 Å². The van der Waals surface area contributed by atoms with Crippen molar-refractivity contribution in [2.75, 3.05) is 12.5 Å². The highest BCUT2D eigenvalue weighted by Gasteiger charge is 2.41. The fourth-order valence-corrected chi connectivity index (χ4v) is 3.65. The molecule has 1 N–H and O–H groups in total. The second-order valence-corrected chi connectivity index (χ2v) is 9.59. The molecule has 0 spiro atoms. The first-order chi connectivity index (χ1) is 13.2. The van der Waals surface area contributed by atoms with Crippen LogP contribution < -0.4 is 0 Å². The Balaban J connectivity index is 0.000000237. The summed E-state index contributed by atoms with van der Waals surface area (Å²) in [6.45, 7) is 3.89. The van der Waals surface area contributed by atoms with E-state index in [-0.39, 0.29) is 17.0 Å². The minimum Gasteiger partial charge on any atom is -0.351 e. The molecule has 0 aliphatic heterocycles. The largest absolute Gasteiger partial charge is 0.351 e. The minimum atomic E-state index is -0.618. The van der Waals surface area contributed by atoms with Gasteiger partial charge < -0.3 is 4.98 Å². The van der Waals surface area contributed by atoms with Gasteiger partial charge in [0.05, 0.1) is 10.5 Å². The number of hydrogen-bond donors (Lipinski definition) is 1. The van der Waals surface area contributed by atoms with Crippen molar-refractivity contribution in [1.29, 1.82) is 0 Å². The van der Waals surface area contributed by atoms with Crippen LogP contribution >= 0.6 is 48.0 Å². The highest BCUT2D eigenvalue weighted by molar-refractivity contribution is 8.23.